The molecule has 0 aliphatic heterocycles. The molecule has 21 heavy (non-hydrogen) atoms. The maximum Gasteiger partial charge on any atom is 0.393 e. The Labute approximate surface area is 120 Å². The molecular formula is C15H17F4NO. The van der Waals surface area contributed by atoms with E-state index in [-0.39, 0.29) is 18.4 Å². The minimum absolute atomic E-state index is 0.00471. The molecule has 2 atom stereocenters. The van der Waals surface area contributed by atoms with Gasteiger partial charge in [-0.25, -0.2) is 4.39 Å². The number of aryl methyl sites for hydroxylation is 1. The summed E-state index contributed by atoms with van der Waals surface area (Å²) in [4.78, 5) is 12.0. The van der Waals surface area contributed by atoms with Crippen LogP contribution in [0.1, 0.15) is 41.6 Å². The molecule has 1 aromatic carbocycles. The van der Waals surface area contributed by atoms with Gasteiger partial charge in [0.05, 0.1) is 11.5 Å². The molecule has 1 aliphatic carbocycles. The Bertz CT molecular complexity index is 527. The van der Waals surface area contributed by atoms with Crippen LogP contribution in [0.5, 0.6) is 0 Å². The van der Waals surface area contributed by atoms with Gasteiger partial charge in [0.25, 0.3) is 5.91 Å². The SMILES string of the molecule is Cc1ccc(F)c(C(=O)NC2CCCCC2C(F)(F)F)c1. The van der Waals surface area contributed by atoms with E-state index in [2.05, 4.69) is 5.32 Å². The van der Waals surface area contributed by atoms with Crippen LogP contribution in [-0.2, 0) is 0 Å². The van der Waals surface area contributed by atoms with Crippen LogP contribution in [0.25, 0.3) is 0 Å². The zero-order valence-electron chi connectivity index (χ0n) is 11.6. The Balaban J connectivity index is 2.15. The van der Waals surface area contributed by atoms with E-state index in [1.165, 1.54) is 12.1 Å². The lowest BCUT2D eigenvalue weighted by Gasteiger charge is -2.33. The molecule has 0 aromatic heterocycles. The maximum atomic E-state index is 13.6. The van der Waals surface area contributed by atoms with Crippen LogP contribution in [0.2, 0.25) is 0 Å². The Morgan fingerprint density at radius 3 is 2.57 bits per heavy atom. The number of amides is 1. The lowest BCUT2D eigenvalue weighted by Crippen LogP contribution is -2.47. The number of benzene rings is 1. The first-order valence-corrected chi connectivity index (χ1v) is 6.93. The number of nitrogens with one attached hydrogen (secondary N) is 1. The van der Waals surface area contributed by atoms with Gasteiger partial charge in [-0.05, 0) is 31.9 Å². The van der Waals surface area contributed by atoms with E-state index in [0.717, 1.165) is 6.07 Å². The Morgan fingerprint density at radius 1 is 1.24 bits per heavy atom. The number of alkyl halides is 3. The first kappa shape index (κ1) is 15.8. The second kappa shape index (κ2) is 6.03. The summed E-state index contributed by atoms with van der Waals surface area (Å²) in [6, 6.07) is 3.01. The summed E-state index contributed by atoms with van der Waals surface area (Å²) in [5.41, 5.74) is 0.471. The van der Waals surface area contributed by atoms with Crippen molar-refractivity contribution in [2.45, 2.75) is 44.8 Å². The number of hydrogen-bond donors (Lipinski definition) is 1. The van der Waals surface area contributed by atoms with Crippen molar-refractivity contribution in [3.8, 4) is 0 Å². The van der Waals surface area contributed by atoms with Gasteiger partial charge in [0.15, 0.2) is 0 Å². The van der Waals surface area contributed by atoms with Crippen molar-refractivity contribution < 1.29 is 22.4 Å². The zero-order chi connectivity index (χ0) is 15.6. The fraction of sp³-hybridized carbons (Fsp3) is 0.533. The van der Waals surface area contributed by atoms with Crippen molar-refractivity contribution in [2.75, 3.05) is 0 Å². The van der Waals surface area contributed by atoms with Gasteiger partial charge in [-0.1, -0.05) is 24.5 Å². The molecule has 1 amide bonds. The van der Waals surface area contributed by atoms with Gasteiger partial charge in [0, 0.05) is 6.04 Å². The first-order chi connectivity index (χ1) is 9.79. The van der Waals surface area contributed by atoms with Crippen LogP contribution >= 0.6 is 0 Å². The highest BCUT2D eigenvalue weighted by Crippen LogP contribution is 2.37. The Kier molecular flexibility index (Phi) is 4.54. The second-order valence-corrected chi connectivity index (χ2v) is 5.50. The minimum Gasteiger partial charge on any atom is -0.349 e. The lowest BCUT2D eigenvalue weighted by molar-refractivity contribution is -0.187. The van der Waals surface area contributed by atoms with Crippen LogP contribution in [0, 0.1) is 18.7 Å². The molecule has 6 heteroatoms. The number of rotatable bonds is 2. The summed E-state index contributed by atoms with van der Waals surface area (Å²) >= 11 is 0. The minimum atomic E-state index is -4.34. The molecule has 2 nitrogen and oxygen atoms in total. The number of carbonyl (C=O) groups is 1. The van der Waals surface area contributed by atoms with Crippen molar-refractivity contribution in [3.63, 3.8) is 0 Å². The summed E-state index contributed by atoms with van der Waals surface area (Å²) in [7, 11) is 0. The maximum absolute atomic E-state index is 13.6. The lowest BCUT2D eigenvalue weighted by atomic mass is 9.84. The van der Waals surface area contributed by atoms with E-state index in [0.29, 0.717) is 18.4 Å². The van der Waals surface area contributed by atoms with Crippen LogP contribution in [0.15, 0.2) is 18.2 Å². The van der Waals surface area contributed by atoms with Gasteiger partial charge < -0.3 is 5.32 Å². The predicted octanol–water partition coefficient (Wildman–Crippen LogP) is 3.99. The molecular weight excluding hydrogens is 286 g/mol. The first-order valence-electron chi connectivity index (χ1n) is 6.93. The predicted molar refractivity (Wildman–Crippen MR) is 70.4 cm³/mol. The Hall–Kier alpha value is -1.59. The van der Waals surface area contributed by atoms with Gasteiger partial charge >= 0.3 is 6.18 Å². The van der Waals surface area contributed by atoms with Crippen LogP contribution < -0.4 is 5.32 Å². The topological polar surface area (TPSA) is 29.1 Å². The number of halogens is 4. The zero-order valence-corrected chi connectivity index (χ0v) is 11.6. The third-order valence-electron chi connectivity index (χ3n) is 3.87. The highest BCUT2D eigenvalue weighted by molar-refractivity contribution is 5.94. The van der Waals surface area contributed by atoms with Crippen molar-refractivity contribution >= 4 is 5.91 Å². The summed E-state index contributed by atoms with van der Waals surface area (Å²) < 4.78 is 52.5. The molecule has 1 aliphatic rings. The van der Waals surface area contributed by atoms with Crippen molar-refractivity contribution in [1.29, 1.82) is 0 Å². The third-order valence-corrected chi connectivity index (χ3v) is 3.87. The quantitative estimate of drug-likeness (QED) is 0.823. The molecule has 1 N–H and O–H groups in total. The molecule has 2 unspecified atom stereocenters. The number of carbonyl (C=O) groups excluding carboxylic acids is 1. The van der Waals surface area contributed by atoms with Gasteiger partial charge in [0.1, 0.15) is 5.82 Å². The van der Waals surface area contributed by atoms with Gasteiger partial charge in [-0.2, -0.15) is 13.2 Å². The van der Waals surface area contributed by atoms with Crippen LogP contribution in [0.3, 0.4) is 0 Å². The standard InChI is InChI=1S/C15H17F4NO/c1-9-6-7-12(16)10(8-9)14(21)20-13-5-3-2-4-11(13)15(17,18)19/h6-8,11,13H,2-5H2,1H3,(H,20,21). The van der Waals surface area contributed by atoms with E-state index in [1.54, 1.807) is 6.92 Å². The van der Waals surface area contributed by atoms with Crippen LogP contribution in [0.4, 0.5) is 17.6 Å². The molecule has 0 bridgehead atoms. The van der Waals surface area contributed by atoms with Crippen molar-refractivity contribution in [3.05, 3.63) is 35.1 Å². The summed E-state index contributed by atoms with van der Waals surface area (Å²) in [5.74, 6) is -3.06. The van der Waals surface area contributed by atoms with Gasteiger partial charge in [-0.15, -0.1) is 0 Å². The second-order valence-electron chi connectivity index (χ2n) is 5.50. The van der Waals surface area contributed by atoms with E-state index in [4.69, 9.17) is 0 Å². The fourth-order valence-electron chi connectivity index (χ4n) is 2.75. The monoisotopic (exact) mass is 303 g/mol. The van der Waals surface area contributed by atoms with Crippen LogP contribution in [-0.4, -0.2) is 18.1 Å². The molecule has 0 spiro atoms. The van der Waals surface area contributed by atoms with E-state index in [1.807, 2.05) is 0 Å². The highest BCUT2D eigenvalue weighted by atomic mass is 19.4. The molecule has 0 heterocycles. The largest absolute Gasteiger partial charge is 0.393 e. The smallest absolute Gasteiger partial charge is 0.349 e. The summed E-state index contributed by atoms with van der Waals surface area (Å²) in [6.45, 7) is 1.69. The van der Waals surface area contributed by atoms with Crippen molar-refractivity contribution in [2.24, 2.45) is 5.92 Å². The molecule has 1 aromatic rings. The third kappa shape index (κ3) is 3.74. The molecule has 0 saturated heterocycles. The Morgan fingerprint density at radius 2 is 1.90 bits per heavy atom. The van der Waals surface area contributed by atoms with E-state index in [9.17, 15) is 22.4 Å². The molecule has 0 radical (unpaired) electrons. The van der Waals surface area contributed by atoms with Gasteiger partial charge in [-0.3, -0.25) is 4.79 Å². The summed E-state index contributed by atoms with van der Waals surface area (Å²) in [6.07, 6.45) is -2.94. The highest BCUT2D eigenvalue weighted by Gasteiger charge is 2.46. The molecule has 2 rings (SSSR count). The molecule has 116 valence electrons. The van der Waals surface area contributed by atoms with Gasteiger partial charge in [0.2, 0.25) is 0 Å². The van der Waals surface area contributed by atoms with Crippen molar-refractivity contribution in [1.82, 2.24) is 5.32 Å². The van der Waals surface area contributed by atoms with E-state index < -0.39 is 29.9 Å². The number of hydrogen-bond acceptors (Lipinski definition) is 1. The molecule has 1 saturated carbocycles. The summed E-state index contributed by atoms with van der Waals surface area (Å²) in [5, 5.41) is 2.36. The normalized spacial score (nSPS) is 22.9. The molecule has 1 fully saturated rings. The average Bonchev–Trinajstić information content (AvgIpc) is 2.41. The fourth-order valence-corrected chi connectivity index (χ4v) is 2.75. The van der Waals surface area contributed by atoms with E-state index >= 15 is 0 Å². The average molecular weight is 303 g/mol.